The summed E-state index contributed by atoms with van der Waals surface area (Å²) in [6.45, 7) is 0.805. The van der Waals surface area contributed by atoms with Crippen LogP contribution in [0.15, 0.2) is 14.8 Å². The fourth-order valence-electron chi connectivity index (χ4n) is 3.18. The molecule has 3 rings (SSSR count). The maximum Gasteiger partial charge on any atom is 0.154 e. The van der Waals surface area contributed by atoms with Crippen LogP contribution in [0.4, 0.5) is 0 Å². The van der Waals surface area contributed by atoms with Crippen molar-refractivity contribution >= 4 is 44.2 Å². The molecule has 6 heteroatoms. The molecule has 2 aliphatic rings. The molecule has 2 heterocycles. The highest BCUT2D eigenvalue weighted by Gasteiger charge is 2.43. The van der Waals surface area contributed by atoms with Crippen LogP contribution in [0.2, 0.25) is 0 Å². The van der Waals surface area contributed by atoms with E-state index < -0.39 is 0 Å². The Labute approximate surface area is 130 Å². The molecule has 2 atom stereocenters. The van der Waals surface area contributed by atoms with Crippen LogP contribution in [0, 0.1) is 5.92 Å². The topological polar surface area (TPSA) is 47.6 Å². The molecule has 0 saturated carbocycles. The number of aliphatic imine (C=N–C) groups is 1. The first kappa shape index (κ1) is 13.9. The molecule has 2 unspecified atom stereocenters. The van der Waals surface area contributed by atoms with Crippen molar-refractivity contribution in [2.24, 2.45) is 16.6 Å². The van der Waals surface area contributed by atoms with Gasteiger partial charge in [0.2, 0.25) is 0 Å². The molecule has 1 spiro atoms. The summed E-state index contributed by atoms with van der Waals surface area (Å²) in [5.41, 5.74) is 7.28. The standard InChI is InChI=1S/C13H17BrN2OS2/c1-17-7-8-4-10-9(5-11(14)19-10)13(6-8)2-3-18-12(15)16-13/h5,8H,2-4,6-7H2,1H3,(H2,15,16). The molecule has 0 radical (unpaired) electrons. The Balaban J connectivity index is 2.04. The summed E-state index contributed by atoms with van der Waals surface area (Å²) in [5.74, 6) is 1.60. The van der Waals surface area contributed by atoms with Gasteiger partial charge in [-0.2, -0.15) is 0 Å². The van der Waals surface area contributed by atoms with Gasteiger partial charge in [0.1, 0.15) is 0 Å². The van der Waals surface area contributed by atoms with Crippen molar-refractivity contribution in [1.82, 2.24) is 0 Å². The largest absolute Gasteiger partial charge is 0.384 e. The minimum absolute atomic E-state index is 0.103. The number of halogens is 1. The molecule has 104 valence electrons. The molecule has 0 bridgehead atoms. The maximum atomic E-state index is 6.00. The number of hydrogen-bond acceptors (Lipinski definition) is 5. The van der Waals surface area contributed by atoms with Crippen molar-refractivity contribution in [1.29, 1.82) is 0 Å². The lowest BCUT2D eigenvalue weighted by Gasteiger charge is -2.40. The molecule has 1 aliphatic heterocycles. The third-order valence-corrected chi connectivity index (χ3v) is 6.33. The van der Waals surface area contributed by atoms with Crippen LogP contribution in [0.3, 0.4) is 0 Å². The number of ether oxygens (including phenoxy) is 1. The van der Waals surface area contributed by atoms with Crippen molar-refractivity contribution < 1.29 is 4.74 Å². The second-order valence-electron chi connectivity index (χ2n) is 5.20. The first-order valence-corrected chi connectivity index (χ1v) is 8.98. The first-order chi connectivity index (χ1) is 9.13. The highest BCUT2D eigenvalue weighted by molar-refractivity contribution is 9.11. The predicted octanol–water partition coefficient (Wildman–Crippen LogP) is 3.37. The van der Waals surface area contributed by atoms with E-state index >= 15 is 0 Å². The molecule has 3 nitrogen and oxygen atoms in total. The molecule has 1 aromatic heterocycles. The lowest BCUT2D eigenvalue weighted by atomic mass is 9.74. The number of fused-ring (bicyclic) bond motifs is 2. The molecular formula is C13H17BrN2OS2. The monoisotopic (exact) mass is 360 g/mol. The van der Waals surface area contributed by atoms with Gasteiger partial charge in [0, 0.05) is 24.3 Å². The predicted molar refractivity (Wildman–Crippen MR) is 86.1 cm³/mol. The normalized spacial score (nSPS) is 30.2. The van der Waals surface area contributed by atoms with Gasteiger partial charge in [0.15, 0.2) is 5.17 Å². The van der Waals surface area contributed by atoms with Gasteiger partial charge in [-0.05, 0) is 52.7 Å². The zero-order valence-electron chi connectivity index (χ0n) is 10.8. The highest BCUT2D eigenvalue weighted by Crippen LogP contribution is 2.49. The number of nitrogens with two attached hydrogens (primary N) is 1. The van der Waals surface area contributed by atoms with E-state index in [1.165, 1.54) is 14.2 Å². The van der Waals surface area contributed by atoms with E-state index in [4.69, 9.17) is 15.5 Å². The molecule has 19 heavy (non-hydrogen) atoms. The first-order valence-electron chi connectivity index (χ1n) is 6.39. The van der Waals surface area contributed by atoms with Gasteiger partial charge in [-0.1, -0.05) is 11.8 Å². The molecule has 0 saturated heterocycles. The third kappa shape index (κ3) is 2.60. The van der Waals surface area contributed by atoms with Crippen molar-refractivity contribution in [3.63, 3.8) is 0 Å². The SMILES string of the molecule is COCC1Cc2sc(Br)cc2C2(CCSC(N)=N2)C1. The second kappa shape index (κ2) is 5.39. The van der Waals surface area contributed by atoms with E-state index in [0.29, 0.717) is 5.92 Å². The lowest BCUT2D eigenvalue weighted by Crippen LogP contribution is -2.38. The Hall–Kier alpha value is -0.0400. The number of thiophene rings is 1. The van der Waals surface area contributed by atoms with E-state index in [9.17, 15) is 0 Å². The van der Waals surface area contributed by atoms with Crippen LogP contribution >= 0.6 is 39.0 Å². The van der Waals surface area contributed by atoms with Gasteiger partial charge in [-0.3, -0.25) is 4.99 Å². The second-order valence-corrected chi connectivity index (χ2v) is 8.83. The molecular weight excluding hydrogens is 344 g/mol. The minimum Gasteiger partial charge on any atom is -0.384 e. The van der Waals surface area contributed by atoms with Gasteiger partial charge in [0.25, 0.3) is 0 Å². The van der Waals surface area contributed by atoms with E-state index in [1.807, 2.05) is 11.3 Å². The van der Waals surface area contributed by atoms with Crippen molar-refractivity contribution in [2.75, 3.05) is 19.5 Å². The van der Waals surface area contributed by atoms with Gasteiger partial charge >= 0.3 is 0 Å². The smallest absolute Gasteiger partial charge is 0.154 e. The van der Waals surface area contributed by atoms with Crippen LogP contribution < -0.4 is 5.73 Å². The van der Waals surface area contributed by atoms with Crippen molar-refractivity contribution in [2.45, 2.75) is 24.8 Å². The van der Waals surface area contributed by atoms with Gasteiger partial charge < -0.3 is 10.5 Å². The van der Waals surface area contributed by atoms with Crippen molar-refractivity contribution in [3.05, 3.63) is 20.3 Å². The molecule has 1 aromatic rings. The summed E-state index contributed by atoms with van der Waals surface area (Å²) in [5, 5.41) is 0.734. The Morgan fingerprint density at radius 1 is 1.63 bits per heavy atom. The van der Waals surface area contributed by atoms with Crippen LogP contribution in [-0.4, -0.2) is 24.6 Å². The average Bonchev–Trinajstić information content (AvgIpc) is 2.71. The third-order valence-electron chi connectivity index (χ3n) is 3.87. The average molecular weight is 361 g/mol. The summed E-state index contributed by atoms with van der Waals surface area (Å²) < 4.78 is 6.57. The van der Waals surface area contributed by atoms with E-state index in [-0.39, 0.29) is 5.54 Å². The fourth-order valence-corrected chi connectivity index (χ4v) is 5.98. The number of rotatable bonds is 2. The highest BCUT2D eigenvalue weighted by atomic mass is 79.9. The van der Waals surface area contributed by atoms with Crippen LogP contribution in [0.1, 0.15) is 23.3 Å². The van der Waals surface area contributed by atoms with E-state index in [0.717, 1.165) is 36.8 Å². The fraction of sp³-hybridized carbons (Fsp3) is 0.615. The number of nitrogens with zero attached hydrogens (tertiary/aromatic N) is 1. The quantitative estimate of drug-likeness (QED) is 0.879. The number of thioether (sulfide) groups is 1. The van der Waals surface area contributed by atoms with Crippen molar-refractivity contribution in [3.8, 4) is 0 Å². The summed E-state index contributed by atoms with van der Waals surface area (Å²) in [6, 6.07) is 2.25. The molecule has 0 amide bonds. The number of methoxy groups -OCH3 is 1. The summed E-state index contributed by atoms with van der Waals surface area (Å²) >= 11 is 7.12. The Morgan fingerprint density at radius 2 is 2.47 bits per heavy atom. The maximum absolute atomic E-state index is 6.00. The van der Waals surface area contributed by atoms with Gasteiger partial charge in [-0.15, -0.1) is 11.3 Å². The Morgan fingerprint density at radius 3 is 3.21 bits per heavy atom. The Bertz CT molecular complexity index is 517. The van der Waals surface area contributed by atoms with Crippen LogP contribution in [0.25, 0.3) is 0 Å². The molecule has 0 fully saturated rings. The number of amidine groups is 1. The lowest BCUT2D eigenvalue weighted by molar-refractivity contribution is 0.125. The van der Waals surface area contributed by atoms with Crippen LogP contribution in [-0.2, 0) is 16.7 Å². The van der Waals surface area contributed by atoms with E-state index in [1.54, 1.807) is 18.9 Å². The zero-order chi connectivity index (χ0) is 13.5. The van der Waals surface area contributed by atoms with Gasteiger partial charge in [-0.25, -0.2) is 0 Å². The zero-order valence-corrected chi connectivity index (χ0v) is 14.0. The summed E-state index contributed by atoms with van der Waals surface area (Å²) in [6.07, 6.45) is 3.23. The summed E-state index contributed by atoms with van der Waals surface area (Å²) in [4.78, 5) is 6.30. The molecule has 0 aromatic carbocycles. The molecule has 2 N–H and O–H groups in total. The van der Waals surface area contributed by atoms with Gasteiger partial charge in [0.05, 0.1) is 9.33 Å². The van der Waals surface area contributed by atoms with E-state index in [2.05, 4.69) is 22.0 Å². The minimum atomic E-state index is -0.103. The number of hydrogen-bond donors (Lipinski definition) is 1. The van der Waals surface area contributed by atoms with Crippen LogP contribution in [0.5, 0.6) is 0 Å². The Kier molecular flexibility index (Phi) is 3.95. The summed E-state index contributed by atoms with van der Waals surface area (Å²) in [7, 11) is 1.78. The molecule has 1 aliphatic carbocycles.